The molecule has 1 fully saturated rings. The van der Waals surface area contributed by atoms with Crippen LogP contribution in [0.2, 0.25) is 0 Å². The number of ether oxygens (including phenoxy) is 1. The van der Waals surface area contributed by atoms with Crippen molar-refractivity contribution in [2.75, 3.05) is 13.2 Å². The van der Waals surface area contributed by atoms with E-state index < -0.39 is 5.97 Å². The smallest absolute Gasteiger partial charge is 0.303 e. The monoisotopic (exact) mass is 333 g/mol. The third-order valence-electron chi connectivity index (χ3n) is 4.46. The molecule has 0 saturated carbocycles. The van der Waals surface area contributed by atoms with Crippen molar-refractivity contribution in [3.05, 3.63) is 35.4 Å². The number of carbonyl (C=O) groups is 2. The molecule has 2 N–H and O–H groups in total. The number of unbranched alkanes of at least 4 members (excludes halogenated alkanes) is 1. The quantitative estimate of drug-likeness (QED) is 0.716. The molecule has 24 heavy (non-hydrogen) atoms. The number of aliphatic carboxylic acids is 1. The van der Waals surface area contributed by atoms with Gasteiger partial charge in [-0.15, -0.1) is 0 Å². The second kappa shape index (κ2) is 9.42. The van der Waals surface area contributed by atoms with Gasteiger partial charge < -0.3 is 15.2 Å². The van der Waals surface area contributed by atoms with Crippen LogP contribution in [0.1, 0.15) is 55.8 Å². The maximum atomic E-state index is 11.9. The highest BCUT2D eigenvalue weighted by Gasteiger charge is 2.27. The van der Waals surface area contributed by atoms with Crippen molar-refractivity contribution in [2.45, 2.75) is 51.6 Å². The Morgan fingerprint density at radius 2 is 1.92 bits per heavy atom. The molecule has 1 heterocycles. The van der Waals surface area contributed by atoms with Gasteiger partial charge in [0.15, 0.2) is 0 Å². The fourth-order valence-electron chi connectivity index (χ4n) is 3.07. The number of hydrogen-bond acceptors (Lipinski definition) is 3. The number of carboxylic acids is 1. The minimum Gasteiger partial charge on any atom is -0.481 e. The average Bonchev–Trinajstić information content (AvgIpc) is 2.58. The van der Waals surface area contributed by atoms with Crippen LogP contribution in [0.4, 0.5) is 0 Å². The highest BCUT2D eigenvalue weighted by molar-refractivity contribution is 5.75. The van der Waals surface area contributed by atoms with Gasteiger partial charge in [-0.1, -0.05) is 29.8 Å². The zero-order valence-corrected chi connectivity index (χ0v) is 14.3. The van der Waals surface area contributed by atoms with Gasteiger partial charge in [0.05, 0.1) is 6.10 Å². The molecule has 132 valence electrons. The summed E-state index contributed by atoms with van der Waals surface area (Å²) in [6, 6.07) is 8.38. The summed E-state index contributed by atoms with van der Waals surface area (Å²) in [5.74, 6) is -0.534. The fraction of sp³-hybridized carbons (Fsp3) is 0.579. The number of hydrogen-bond donors (Lipinski definition) is 2. The number of carboxylic acid groups (broad SMARTS) is 1. The van der Waals surface area contributed by atoms with Crippen LogP contribution in [-0.2, 0) is 14.3 Å². The summed E-state index contributed by atoms with van der Waals surface area (Å²) in [6.45, 7) is 3.43. The first-order valence-electron chi connectivity index (χ1n) is 8.73. The topological polar surface area (TPSA) is 75.6 Å². The van der Waals surface area contributed by atoms with Crippen LogP contribution in [0, 0.1) is 12.8 Å². The standard InChI is InChI=1S/C19H27NO4/c1-14-8-10-15(11-9-14)19-16(5-4-12-24-19)13-20-17(21)6-2-3-7-18(22)23/h8-11,16,19H,2-7,12-13H2,1H3,(H,20,21)(H,22,23). The van der Waals surface area contributed by atoms with Crippen molar-refractivity contribution in [3.8, 4) is 0 Å². The van der Waals surface area contributed by atoms with Crippen LogP contribution in [0.15, 0.2) is 24.3 Å². The van der Waals surface area contributed by atoms with Gasteiger partial charge >= 0.3 is 5.97 Å². The van der Waals surface area contributed by atoms with Gasteiger partial charge in [0.2, 0.25) is 5.91 Å². The molecule has 5 heteroatoms. The van der Waals surface area contributed by atoms with E-state index in [-0.39, 0.29) is 24.3 Å². The molecule has 0 radical (unpaired) electrons. The second-order valence-electron chi connectivity index (χ2n) is 6.51. The van der Waals surface area contributed by atoms with Gasteiger partial charge in [-0.2, -0.15) is 0 Å². The first kappa shape index (κ1) is 18.5. The molecule has 1 amide bonds. The Morgan fingerprint density at radius 1 is 1.21 bits per heavy atom. The maximum Gasteiger partial charge on any atom is 0.303 e. The Hall–Kier alpha value is -1.88. The van der Waals surface area contributed by atoms with E-state index >= 15 is 0 Å². The second-order valence-corrected chi connectivity index (χ2v) is 6.51. The lowest BCUT2D eigenvalue weighted by molar-refractivity contribution is -0.137. The van der Waals surface area contributed by atoms with Crippen LogP contribution < -0.4 is 5.32 Å². The lowest BCUT2D eigenvalue weighted by atomic mass is 9.89. The summed E-state index contributed by atoms with van der Waals surface area (Å²) in [7, 11) is 0. The van der Waals surface area contributed by atoms with E-state index in [1.807, 2.05) is 0 Å². The van der Waals surface area contributed by atoms with Crippen molar-refractivity contribution in [1.29, 1.82) is 0 Å². The molecular formula is C19H27NO4. The number of carbonyl (C=O) groups excluding carboxylic acids is 1. The van der Waals surface area contributed by atoms with Crippen LogP contribution in [-0.4, -0.2) is 30.1 Å². The molecule has 0 aromatic heterocycles. The van der Waals surface area contributed by atoms with Gasteiger partial charge in [0.1, 0.15) is 0 Å². The van der Waals surface area contributed by atoms with Crippen molar-refractivity contribution < 1.29 is 19.4 Å². The zero-order valence-electron chi connectivity index (χ0n) is 14.3. The van der Waals surface area contributed by atoms with Gasteiger partial charge in [-0.25, -0.2) is 0 Å². The molecule has 2 unspecified atom stereocenters. The Kier molecular flexibility index (Phi) is 7.25. The number of amides is 1. The van der Waals surface area contributed by atoms with Crippen LogP contribution in [0.25, 0.3) is 0 Å². The predicted octanol–water partition coefficient (Wildman–Crippen LogP) is 3.22. The Balaban J connectivity index is 1.79. The average molecular weight is 333 g/mol. The SMILES string of the molecule is Cc1ccc(C2OCCCC2CNC(=O)CCCCC(=O)O)cc1. The summed E-state index contributed by atoms with van der Waals surface area (Å²) in [4.78, 5) is 22.4. The Morgan fingerprint density at radius 3 is 2.62 bits per heavy atom. The molecule has 2 rings (SSSR count). The van der Waals surface area contributed by atoms with Gasteiger partial charge in [0, 0.05) is 31.9 Å². The summed E-state index contributed by atoms with van der Waals surface area (Å²) in [6.07, 6.45) is 3.75. The van der Waals surface area contributed by atoms with Crippen molar-refractivity contribution in [1.82, 2.24) is 5.32 Å². The molecule has 2 atom stereocenters. The van der Waals surface area contributed by atoms with Crippen LogP contribution >= 0.6 is 0 Å². The highest BCUT2D eigenvalue weighted by Crippen LogP contribution is 2.33. The molecule has 0 spiro atoms. The van der Waals surface area contributed by atoms with E-state index in [1.54, 1.807) is 0 Å². The highest BCUT2D eigenvalue weighted by atomic mass is 16.5. The van der Waals surface area contributed by atoms with E-state index in [1.165, 1.54) is 11.1 Å². The molecule has 1 saturated heterocycles. The summed E-state index contributed by atoms with van der Waals surface area (Å²) >= 11 is 0. The molecule has 1 aliphatic heterocycles. The predicted molar refractivity (Wildman–Crippen MR) is 91.7 cm³/mol. The molecule has 1 aliphatic rings. The Bertz CT molecular complexity index is 541. The van der Waals surface area contributed by atoms with Crippen molar-refractivity contribution in [3.63, 3.8) is 0 Å². The Labute approximate surface area is 143 Å². The largest absolute Gasteiger partial charge is 0.481 e. The number of aryl methyl sites for hydroxylation is 1. The molecule has 5 nitrogen and oxygen atoms in total. The van der Waals surface area contributed by atoms with Crippen LogP contribution in [0.3, 0.4) is 0 Å². The molecule has 1 aromatic rings. The molecular weight excluding hydrogens is 306 g/mol. The number of nitrogens with one attached hydrogen (secondary N) is 1. The first-order chi connectivity index (χ1) is 11.6. The fourth-order valence-corrected chi connectivity index (χ4v) is 3.07. The van der Waals surface area contributed by atoms with Gasteiger partial charge in [0.25, 0.3) is 0 Å². The summed E-state index contributed by atoms with van der Waals surface area (Å²) in [5.41, 5.74) is 2.39. The third kappa shape index (κ3) is 5.96. The first-order valence-corrected chi connectivity index (χ1v) is 8.73. The maximum absolute atomic E-state index is 11.9. The summed E-state index contributed by atoms with van der Waals surface area (Å²) in [5, 5.41) is 11.6. The lowest BCUT2D eigenvalue weighted by Gasteiger charge is -2.32. The van der Waals surface area contributed by atoms with Crippen molar-refractivity contribution in [2.24, 2.45) is 5.92 Å². The van der Waals surface area contributed by atoms with Gasteiger partial charge in [-0.3, -0.25) is 9.59 Å². The zero-order chi connectivity index (χ0) is 17.4. The summed E-state index contributed by atoms with van der Waals surface area (Å²) < 4.78 is 5.96. The van der Waals surface area contributed by atoms with E-state index in [2.05, 4.69) is 36.5 Å². The van der Waals surface area contributed by atoms with E-state index in [9.17, 15) is 9.59 Å². The minimum absolute atomic E-state index is 0.00591. The number of benzene rings is 1. The van der Waals surface area contributed by atoms with Crippen LogP contribution in [0.5, 0.6) is 0 Å². The van der Waals surface area contributed by atoms with Crippen molar-refractivity contribution >= 4 is 11.9 Å². The van der Waals surface area contributed by atoms with E-state index in [0.717, 1.165) is 19.4 Å². The van der Waals surface area contributed by atoms with Gasteiger partial charge in [-0.05, 0) is 38.2 Å². The van der Waals surface area contributed by atoms with E-state index in [4.69, 9.17) is 9.84 Å². The minimum atomic E-state index is -0.810. The third-order valence-corrected chi connectivity index (χ3v) is 4.46. The number of rotatable bonds is 8. The molecule has 1 aromatic carbocycles. The normalized spacial score (nSPS) is 20.5. The lowest BCUT2D eigenvalue weighted by Crippen LogP contribution is -2.35. The van der Waals surface area contributed by atoms with E-state index in [0.29, 0.717) is 25.8 Å². The molecule has 0 bridgehead atoms. The molecule has 0 aliphatic carbocycles.